The minimum Gasteiger partial charge on any atom is -0.374 e. The van der Waals surface area contributed by atoms with Crippen molar-refractivity contribution in [1.82, 2.24) is 9.55 Å². The number of anilines is 1. The number of benzene rings is 2. The van der Waals surface area contributed by atoms with Gasteiger partial charge >= 0.3 is 0 Å². The Kier molecular flexibility index (Phi) is 4.95. The second-order valence-corrected chi connectivity index (χ2v) is 7.54. The number of carbonyl (C=O) groups is 1. The SMILES string of the molecule is N#Cc1cc2cc(C3CCCO3)ccc2n1-c1ccc(NC(=O)c2cccnc2)cc1. The van der Waals surface area contributed by atoms with Gasteiger partial charge in [0.25, 0.3) is 5.91 Å². The predicted octanol–water partition coefficient (Wildman–Crippen LogP) is 5.00. The van der Waals surface area contributed by atoms with Crippen molar-refractivity contribution in [3.8, 4) is 11.8 Å². The lowest BCUT2D eigenvalue weighted by atomic mass is 10.0. The Morgan fingerprint density at radius 1 is 1.16 bits per heavy atom. The summed E-state index contributed by atoms with van der Waals surface area (Å²) in [5.41, 5.74) is 4.71. The molecule has 0 bridgehead atoms. The van der Waals surface area contributed by atoms with Crippen LogP contribution in [-0.4, -0.2) is 22.1 Å². The Balaban J connectivity index is 1.44. The minimum absolute atomic E-state index is 0.140. The first-order valence-electron chi connectivity index (χ1n) is 10.2. The Hall–Kier alpha value is -3.95. The first-order valence-corrected chi connectivity index (χ1v) is 10.2. The minimum atomic E-state index is -0.216. The fourth-order valence-electron chi connectivity index (χ4n) is 4.03. The Labute approximate surface area is 179 Å². The second kappa shape index (κ2) is 8.05. The largest absolute Gasteiger partial charge is 0.374 e. The van der Waals surface area contributed by atoms with Crippen molar-refractivity contribution in [3.63, 3.8) is 0 Å². The normalized spacial score (nSPS) is 15.6. The number of ether oxygens (including phenoxy) is 1. The third kappa shape index (κ3) is 3.67. The van der Waals surface area contributed by atoms with E-state index >= 15 is 0 Å². The molecule has 1 saturated heterocycles. The number of pyridine rings is 1. The van der Waals surface area contributed by atoms with Crippen LogP contribution in [0.4, 0.5) is 5.69 Å². The smallest absolute Gasteiger partial charge is 0.257 e. The van der Waals surface area contributed by atoms with Crippen LogP contribution in [0.25, 0.3) is 16.6 Å². The van der Waals surface area contributed by atoms with Gasteiger partial charge in [0.15, 0.2) is 0 Å². The highest BCUT2D eigenvalue weighted by molar-refractivity contribution is 6.04. The van der Waals surface area contributed by atoms with Crippen molar-refractivity contribution in [1.29, 1.82) is 5.26 Å². The number of rotatable bonds is 4. The van der Waals surface area contributed by atoms with Gasteiger partial charge in [0.2, 0.25) is 0 Å². The molecule has 152 valence electrons. The number of fused-ring (bicyclic) bond motifs is 1. The second-order valence-electron chi connectivity index (χ2n) is 7.54. The molecule has 5 rings (SSSR count). The maximum Gasteiger partial charge on any atom is 0.257 e. The molecule has 0 saturated carbocycles. The number of amides is 1. The van der Waals surface area contributed by atoms with Gasteiger partial charge in [-0.25, -0.2) is 0 Å². The number of aromatic nitrogens is 2. The summed E-state index contributed by atoms with van der Waals surface area (Å²) in [4.78, 5) is 16.3. The van der Waals surface area contributed by atoms with Crippen LogP contribution in [0.15, 0.2) is 73.1 Å². The molecule has 1 fully saturated rings. The number of nitrogens with one attached hydrogen (secondary N) is 1. The van der Waals surface area contributed by atoms with E-state index in [9.17, 15) is 10.1 Å². The summed E-state index contributed by atoms with van der Waals surface area (Å²) < 4.78 is 7.73. The molecule has 6 heteroatoms. The molecule has 0 spiro atoms. The number of nitrogens with zero attached hydrogens (tertiary/aromatic N) is 3. The van der Waals surface area contributed by atoms with Gasteiger partial charge in [-0.1, -0.05) is 6.07 Å². The van der Waals surface area contributed by atoms with E-state index in [0.29, 0.717) is 16.9 Å². The average Bonchev–Trinajstić information content (AvgIpc) is 3.48. The summed E-state index contributed by atoms with van der Waals surface area (Å²) in [6, 6.07) is 21.3. The zero-order valence-corrected chi connectivity index (χ0v) is 16.8. The van der Waals surface area contributed by atoms with Crippen molar-refractivity contribution in [2.24, 2.45) is 0 Å². The van der Waals surface area contributed by atoms with E-state index in [4.69, 9.17) is 4.74 Å². The molecule has 4 aromatic rings. The maximum absolute atomic E-state index is 12.3. The van der Waals surface area contributed by atoms with Crippen LogP contribution < -0.4 is 5.32 Å². The first-order chi connectivity index (χ1) is 15.2. The molecule has 6 nitrogen and oxygen atoms in total. The standard InChI is InChI=1S/C25H20N4O2/c26-15-22-14-19-13-17(24-4-2-12-31-24)5-10-23(19)29(22)21-8-6-20(7-9-21)28-25(30)18-3-1-11-27-16-18/h1,3,5-11,13-14,16,24H,2,4,12H2,(H,28,30). The van der Waals surface area contributed by atoms with Crippen molar-refractivity contribution < 1.29 is 9.53 Å². The molecule has 1 amide bonds. The number of hydrogen-bond acceptors (Lipinski definition) is 4. The van der Waals surface area contributed by atoms with Crippen LogP contribution >= 0.6 is 0 Å². The zero-order valence-electron chi connectivity index (χ0n) is 16.8. The molecule has 0 aliphatic carbocycles. The van der Waals surface area contributed by atoms with Crippen LogP contribution in [-0.2, 0) is 4.74 Å². The lowest BCUT2D eigenvalue weighted by molar-refractivity contribution is 0.102. The molecule has 1 aliphatic rings. The van der Waals surface area contributed by atoms with Gasteiger partial charge in [-0.2, -0.15) is 5.26 Å². The van der Waals surface area contributed by atoms with Crippen LogP contribution in [0.3, 0.4) is 0 Å². The molecular formula is C25H20N4O2. The summed E-state index contributed by atoms with van der Waals surface area (Å²) in [6.45, 7) is 0.802. The van der Waals surface area contributed by atoms with Crippen LogP contribution in [0.1, 0.15) is 40.6 Å². The van der Waals surface area contributed by atoms with Gasteiger partial charge < -0.3 is 14.6 Å². The van der Waals surface area contributed by atoms with Gasteiger partial charge in [0, 0.05) is 35.8 Å². The van der Waals surface area contributed by atoms with E-state index in [1.807, 2.05) is 41.0 Å². The lowest BCUT2D eigenvalue weighted by Crippen LogP contribution is -2.12. The summed E-state index contributed by atoms with van der Waals surface area (Å²) >= 11 is 0. The van der Waals surface area contributed by atoms with Crippen LogP contribution in [0, 0.1) is 11.3 Å². The van der Waals surface area contributed by atoms with Gasteiger partial charge in [-0.3, -0.25) is 9.78 Å². The number of carbonyl (C=O) groups excluding carboxylic acids is 1. The average molecular weight is 408 g/mol. The highest BCUT2D eigenvalue weighted by Crippen LogP contribution is 2.32. The molecule has 1 N–H and O–H groups in total. The molecule has 1 aliphatic heterocycles. The Morgan fingerprint density at radius 3 is 2.74 bits per heavy atom. The Bertz CT molecular complexity index is 1280. The van der Waals surface area contributed by atoms with Crippen molar-refractivity contribution in [2.75, 3.05) is 11.9 Å². The molecule has 1 unspecified atom stereocenters. The number of nitriles is 1. The third-order valence-corrected chi connectivity index (χ3v) is 5.55. The van der Waals surface area contributed by atoms with E-state index < -0.39 is 0 Å². The summed E-state index contributed by atoms with van der Waals surface area (Å²) in [5.74, 6) is -0.216. The highest BCUT2D eigenvalue weighted by Gasteiger charge is 2.19. The van der Waals surface area contributed by atoms with Crippen LogP contribution in [0.5, 0.6) is 0 Å². The fraction of sp³-hybridized carbons (Fsp3) is 0.160. The lowest BCUT2D eigenvalue weighted by Gasteiger charge is -2.12. The van der Waals surface area contributed by atoms with E-state index in [0.717, 1.165) is 41.6 Å². The quantitative estimate of drug-likeness (QED) is 0.515. The van der Waals surface area contributed by atoms with Crippen molar-refractivity contribution in [3.05, 3.63) is 89.9 Å². The van der Waals surface area contributed by atoms with E-state index in [1.54, 1.807) is 18.3 Å². The predicted molar refractivity (Wildman–Crippen MR) is 118 cm³/mol. The van der Waals surface area contributed by atoms with Gasteiger partial charge in [-0.15, -0.1) is 0 Å². The summed E-state index contributed by atoms with van der Waals surface area (Å²) in [7, 11) is 0. The summed E-state index contributed by atoms with van der Waals surface area (Å²) in [5, 5.41) is 13.6. The Morgan fingerprint density at radius 2 is 2.03 bits per heavy atom. The molecule has 31 heavy (non-hydrogen) atoms. The van der Waals surface area contributed by atoms with Gasteiger partial charge in [-0.05, 0) is 73.0 Å². The van der Waals surface area contributed by atoms with Gasteiger partial charge in [0.1, 0.15) is 11.8 Å². The molecule has 2 aromatic carbocycles. The number of hydrogen-bond donors (Lipinski definition) is 1. The zero-order chi connectivity index (χ0) is 21.2. The molecular weight excluding hydrogens is 388 g/mol. The van der Waals surface area contributed by atoms with Crippen LogP contribution in [0.2, 0.25) is 0 Å². The van der Waals surface area contributed by atoms with Crippen molar-refractivity contribution in [2.45, 2.75) is 18.9 Å². The van der Waals surface area contributed by atoms with Gasteiger partial charge in [0.05, 0.1) is 17.2 Å². The topological polar surface area (TPSA) is 79.9 Å². The van der Waals surface area contributed by atoms with E-state index in [-0.39, 0.29) is 12.0 Å². The fourth-order valence-corrected chi connectivity index (χ4v) is 4.03. The van der Waals surface area contributed by atoms with E-state index in [1.165, 1.54) is 6.20 Å². The van der Waals surface area contributed by atoms with E-state index in [2.05, 4.69) is 28.5 Å². The first kappa shape index (κ1) is 19.0. The third-order valence-electron chi connectivity index (χ3n) is 5.55. The highest BCUT2D eigenvalue weighted by atomic mass is 16.5. The molecule has 0 radical (unpaired) electrons. The van der Waals surface area contributed by atoms with Crippen molar-refractivity contribution >= 4 is 22.5 Å². The summed E-state index contributed by atoms with van der Waals surface area (Å²) in [6.07, 6.45) is 5.41. The monoisotopic (exact) mass is 408 g/mol. The molecule has 3 heterocycles. The molecule has 1 atom stereocenters. The molecule has 2 aromatic heterocycles. The maximum atomic E-state index is 12.3.